The van der Waals surface area contributed by atoms with Crippen molar-refractivity contribution in [3.63, 3.8) is 0 Å². The Morgan fingerprint density at radius 2 is 2.23 bits per heavy atom. The van der Waals surface area contributed by atoms with Crippen molar-refractivity contribution in [2.24, 2.45) is 0 Å². The molecule has 0 heterocycles. The van der Waals surface area contributed by atoms with Crippen LogP contribution in [0.5, 0.6) is 0 Å². The van der Waals surface area contributed by atoms with Gasteiger partial charge in [0, 0.05) is 4.47 Å². The predicted octanol–water partition coefficient (Wildman–Crippen LogP) is 2.11. The molecule has 0 aliphatic rings. The second-order valence-corrected chi connectivity index (χ2v) is 3.41. The highest BCUT2D eigenvalue weighted by molar-refractivity contribution is 9.10. The second kappa shape index (κ2) is 3.58. The average molecular weight is 239 g/mol. The molecule has 1 aromatic rings. The van der Waals surface area contributed by atoms with Crippen molar-refractivity contribution in [2.75, 3.05) is 5.73 Å². The van der Waals surface area contributed by atoms with Gasteiger partial charge in [-0.1, -0.05) is 0 Å². The second-order valence-electron chi connectivity index (χ2n) is 2.55. The zero-order valence-corrected chi connectivity index (χ0v) is 8.55. The highest BCUT2D eigenvalue weighted by atomic mass is 79.9. The van der Waals surface area contributed by atoms with Crippen molar-refractivity contribution in [2.45, 2.75) is 6.92 Å². The summed E-state index contributed by atoms with van der Waals surface area (Å²) < 4.78 is 0.603. The lowest BCUT2D eigenvalue weighted by Gasteiger charge is -2.04. The van der Waals surface area contributed by atoms with Gasteiger partial charge in [-0.25, -0.2) is 0 Å². The van der Waals surface area contributed by atoms with E-state index in [0.29, 0.717) is 15.7 Å². The Morgan fingerprint density at radius 1 is 1.62 bits per heavy atom. The molecular weight excluding hydrogens is 232 g/mol. The van der Waals surface area contributed by atoms with Crippen LogP contribution in [0.2, 0.25) is 0 Å². The molecule has 0 aromatic heterocycles. The van der Waals surface area contributed by atoms with Crippen LogP contribution < -0.4 is 5.73 Å². The maximum Gasteiger partial charge on any atom is 0.162 e. The summed E-state index contributed by atoms with van der Waals surface area (Å²) in [5.74, 6) is -0.171. The molecule has 0 aliphatic heterocycles. The highest BCUT2D eigenvalue weighted by Crippen LogP contribution is 2.25. The largest absolute Gasteiger partial charge is 0.398 e. The third-order valence-electron chi connectivity index (χ3n) is 1.65. The van der Waals surface area contributed by atoms with Gasteiger partial charge in [0.15, 0.2) is 5.78 Å². The van der Waals surface area contributed by atoms with Crippen molar-refractivity contribution >= 4 is 27.4 Å². The summed E-state index contributed by atoms with van der Waals surface area (Å²) in [5.41, 5.74) is 6.46. The fourth-order valence-corrected chi connectivity index (χ4v) is 1.67. The summed E-state index contributed by atoms with van der Waals surface area (Å²) in [4.78, 5) is 11.2. The SMILES string of the molecule is CC(=O)c1c(Br)ccc(N)c1C#N. The molecule has 66 valence electrons. The predicted molar refractivity (Wildman–Crippen MR) is 53.3 cm³/mol. The van der Waals surface area contributed by atoms with Gasteiger partial charge >= 0.3 is 0 Å². The van der Waals surface area contributed by atoms with E-state index < -0.39 is 0 Å². The Kier molecular flexibility index (Phi) is 2.69. The van der Waals surface area contributed by atoms with E-state index in [1.54, 1.807) is 12.1 Å². The number of anilines is 1. The first-order valence-electron chi connectivity index (χ1n) is 3.57. The van der Waals surface area contributed by atoms with E-state index in [4.69, 9.17) is 11.0 Å². The van der Waals surface area contributed by atoms with Crippen molar-refractivity contribution in [1.82, 2.24) is 0 Å². The average Bonchev–Trinajstić information content (AvgIpc) is 2.07. The Labute approximate surface area is 84.3 Å². The molecular formula is C9H7BrN2O. The Balaban J connectivity index is 3.55. The number of ketones is 1. The van der Waals surface area contributed by atoms with E-state index in [1.807, 2.05) is 6.07 Å². The fraction of sp³-hybridized carbons (Fsp3) is 0.111. The number of hydrogen-bond acceptors (Lipinski definition) is 3. The lowest BCUT2D eigenvalue weighted by Crippen LogP contribution is -2.02. The number of rotatable bonds is 1. The smallest absolute Gasteiger partial charge is 0.162 e. The van der Waals surface area contributed by atoms with Crippen molar-refractivity contribution < 1.29 is 4.79 Å². The number of carbonyl (C=O) groups is 1. The molecule has 3 nitrogen and oxygen atoms in total. The zero-order valence-electron chi connectivity index (χ0n) is 6.97. The summed E-state index contributed by atoms with van der Waals surface area (Å²) in [6, 6.07) is 5.16. The zero-order chi connectivity index (χ0) is 10.0. The number of nitrogens with two attached hydrogens (primary N) is 1. The summed E-state index contributed by atoms with van der Waals surface area (Å²) in [6.45, 7) is 1.40. The molecule has 0 radical (unpaired) electrons. The van der Waals surface area contributed by atoms with Crippen LogP contribution in [0.15, 0.2) is 16.6 Å². The molecule has 0 bridgehead atoms. The van der Waals surface area contributed by atoms with Crippen LogP contribution in [-0.4, -0.2) is 5.78 Å². The van der Waals surface area contributed by atoms with Crippen LogP contribution in [0.1, 0.15) is 22.8 Å². The summed E-state index contributed by atoms with van der Waals surface area (Å²) in [5, 5.41) is 8.77. The van der Waals surface area contributed by atoms with Gasteiger partial charge in [0.1, 0.15) is 6.07 Å². The van der Waals surface area contributed by atoms with Crippen LogP contribution in [0.25, 0.3) is 0 Å². The first-order chi connectivity index (χ1) is 6.07. The number of benzene rings is 1. The van der Waals surface area contributed by atoms with E-state index in [-0.39, 0.29) is 11.3 Å². The molecule has 0 saturated heterocycles. The Hall–Kier alpha value is -1.34. The van der Waals surface area contributed by atoms with E-state index in [9.17, 15) is 4.79 Å². The molecule has 0 saturated carbocycles. The van der Waals surface area contributed by atoms with Gasteiger partial charge in [-0.3, -0.25) is 4.79 Å². The number of halogens is 1. The van der Waals surface area contributed by atoms with Gasteiger partial charge in [0.05, 0.1) is 16.8 Å². The molecule has 13 heavy (non-hydrogen) atoms. The standard InChI is InChI=1S/C9H7BrN2O/c1-5(13)9-6(4-11)8(12)3-2-7(9)10/h2-3H,12H2,1H3. The molecule has 0 atom stereocenters. The number of nitrogens with zero attached hydrogens (tertiary/aromatic N) is 1. The first kappa shape index (κ1) is 9.75. The molecule has 0 spiro atoms. The molecule has 0 aliphatic carbocycles. The molecule has 4 heteroatoms. The minimum Gasteiger partial charge on any atom is -0.398 e. The van der Waals surface area contributed by atoms with Gasteiger partial charge in [-0.2, -0.15) is 5.26 Å². The minimum absolute atomic E-state index is 0.171. The maximum atomic E-state index is 11.2. The molecule has 2 N–H and O–H groups in total. The van der Waals surface area contributed by atoms with Crippen molar-refractivity contribution in [3.05, 3.63) is 27.7 Å². The monoisotopic (exact) mass is 238 g/mol. The summed E-state index contributed by atoms with van der Waals surface area (Å²) in [7, 11) is 0. The van der Waals surface area contributed by atoms with Gasteiger partial charge < -0.3 is 5.73 Å². The van der Waals surface area contributed by atoms with E-state index in [2.05, 4.69) is 15.9 Å². The van der Waals surface area contributed by atoms with E-state index in [0.717, 1.165) is 0 Å². The van der Waals surface area contributed by atoms with Crippen molar-refractivity contribution in [1.29, 1.82) is 5.26 Å². The van der Waals surface area contributed by atoms with Gasteiger partial charge in [0.25, 0.3) is 0 Å². The van der Waals surface area contributed by atoms with Crippen LogP contribution in [0, 0.1) is 11.3 Å². The summed E-state index contributed by atoms with van der Waals surface area (Å²) >= 11 is 3.20. The fourth-order valence-electron chi connectivity index (χ4n) is 1.06. The topological polar surface area (TPSA) is 66.9 Å². The van der Waals surface area contributed by atoms with E-state index >= 15 is 0 Å². The van der Waals surface area contributed by atoms with Crippen LogP contribution in [-0.2, 0) is 0 Å². The van der Waals surface area contributed by atoms with E-state index in [1.165, 1.54) is 6.92 Å². The van der Waals surface area contributed by atoms with Crippen LogP contribution >= 0.6 is 15.9 Å². The number of hydrogen-bond donors (Lipinski definition) is 1. The normalized spacial score (nSPS) is 9.31. The Bertz CT molecular complexity index is 407. The molecule has 1 rings (SSSR count). The minimum atomic E-state index is -0.171. The molecule has 0 amide bonds. The third-order valence-corrected chi connectivity index (χ3v) is 2.31. The van der Waals surface area contributed by atoms with Crippen LogP contribution in [0.4, 0.5) is 5.69 Å². The Morgan fingerprint density at radius 3 is 2.62 bits per heavy atom. The van der Waals surface area contributed by atoms with Gasteiger partial charge in [-0.05, 0) is 35.0 Å². The first-order valence-corrected chi connectivity index (χ1v) is 4.36. The molecule has 0 fully saturated rings. The number of carbonyl (C=O) groups excluding carboxylic acids is 1. The van der Waals surface area contributed by atoms with Gasteiger partial charge in [-0.15, -0.1) is 0 Å². The summed E-state index contributed by atoms with van der Waals surface area (Å²) in [6.07, 6.45) is 0. The third kappa shape index (κ3) is 1.70. The maximum absolute atomic E-state index is 11.2. The van der Waals surface area contributed by atoms with Gasteiger partial charge in [0.2, 0.25) is 0 Å². The van der Waals surface area contributed by atoms with Crippen molar-refractivity contribution in [3.8, 4) is 6.07 Å². The quantitative estimate of drug-likeness (QED) is 0.602. The lowest BCUT2D eigenvalue weighted by atomic mass is 10.0. The highest BCUT2D eigenvalue weighted by Gasteiger charge is 2.13. The molecule has 0 unspecified atom stereocenters. The van der Waals surface area contributed by atoms with Crippen LogP contribution in [0.3, 0.4) is 0 Å². The molecule has 1 aromatic carbocycles. The lowest BCUT2D eigenvalue weighted by molar-refractivity contribution is 0.101. The number of Topliss-reactive ketones (excluding diaryl/α,β-unsaturated/α-hetero) is 1. The number of nitrogen functional groups attached to an aromatic ring is 1. The number of nitriles is 1.